The fourth-order valence-corrected chi connectivity index (χ4v) is 3.51. The Balaban J connectivity index is 1.69. The van der Waals surface area contributed by atoms with Crippen molar-refractivity contribution >= 4 is 40.4 Å². The van der Waals surface area contributed by atoms with Crippen LogP contribution in [0.1, 0.15) is 18.4 Å². The Labute approximate surface area is 169 Å². The quantitative estimate of drug-likeness (QED) is 0.733. The smallest absolute Gasteiger partial charge is 0.262 e. The fraction of sp³-hybridized carbons (Fsp3) is 0.300. The number of anilines is 1. The van der Waals surface area contributed by atoms with Gasteiger partial charge < -0.3 is 19.7 Å². The van der Waals surface area contributed by atoms with E-state index in [0.717, 1.165) is 36.5 Å². The molecule has 0 aromatic heterocycles. The van der Waals surface area contributed by atoms with Crippen LogP contribution in [-0.4, -0.2) is 42.6 Å². The van der Waals surface area contributed by atoms with Crippen LogP contribution in [0.15, 0.2) is 42.5 Å². The highest BCUT2D eigenvalue weighted by atomic mass is 35.5. The SMILES string of the molecule is COc1cc(C(=S)N2CCCC2)cc(Cl)c1OCC(=O)Nc1ccccc1. The van der Waals surface area contributed by atoms with E-state index in [0.29, 0.717) is 22.2 Å². The van der Waals surface area contributed by atoms with Gasteiger partial charge >= 0.3 is 0 Å². The minimum atomic E-state index is -0.281. The third-order valence-corrected chi connectivity index (χ3v) is 5.05. The number of para-hydroxylation sites is 1. The minimum Gasteiger partial charge on any atom is -0.493 e. The number of carbonyl (C=O) groups is 1. The van der Waals surface area contributed by atoms with Crippen molar-refractivity contribution in [1.82, 2.24) is 4.90 Å². The van der Waals surface area contributed by atoms with Crippen molar-refractivity contribution in [3.8, 4) is 11.5 Å². The number of methoxy groups -OCH3 is 1. The van der Waals surface area contributed by atoms with Gasteiger partial charge in [-0.15, -0.1) is 0 Å². The minimum absolute atomic E-state index is 0.180. The van der Waals surface area contributed by atoms with Crippen LogP contribution in [-0.2, 0) is 4.79 Å². The molecule has 142 valence electrons. The lowest BCUT2D eigenvalue weighted by Crippen LogP contribution is -2.26. The van der Waals surface area contributed by atoms with Crippen molar-refractivity contribution < 1.29 is 14.3 Å². The second kappa shape index (κ2) is 9.06. The highest BCUT2D eigenvalue weighted by Gasteiger charge is 2.20. The van der Waals surface area contributed by atoms with Gasteiger partial charge in [-0.1, -0.05) is 42.0 Å². The molecule has 5 nitrogen and oxygen atoms in total. The van der Waals surface area contributed by atoms with Crippen molar-refractivity contribution in [2.75, 3.05) is 32.1 Å². The third kappa shape index (κ3) is 4.90. The largest absolute Gasteiger partial charge is 0.493 e. The summed E-state index contributed by atoms with van der Waals surface area (Å²) in [6.45, 7) is 1.73. The van der Waals surface area contributed by atoms with Crippen molar-refractivity contribution in [2.24, 2.45) is 0 Å². The van der Waals surface area contributed by atoms with Crippen LogP contribution < -0.4 is 14.8 Å². The molecule has 0 atom stereocenters. The number of halogens is 1. The third-order valence-electron chi connectivity index (χ3n) is 4.27. The molecule has 0 radical (unpaired) electrons. The van der Waals surface area contributed by atoms with Crippen LogP contribution in [0.25, 0.3) is 0 Å². The zero-order chi connectivity index (χ0) is 19.2. The average molecular weight is 405 g/mol. The summed E-state index contributed by atoms with van der Waals surface area (Å²) < 4.78 is 11.0. The van der Waals surface area contributed by atoms with Crippen LogP contribution >= 0.6 is 23.8 Å². The Morgan fingerprint density at radius 2 is 1.93 bits per heavy atom. The molecular weight excluding hydrogens is 384 g/mol. The zero-order valence-electron chi connectivity index (χ0n) is 15.0. The highest BCUT2D eigenvalue weighted by molar-refractivity contribution is 7.80. The first-order chi connectivity index (χ1) is 13.1. The molecule has 2 aromatic carbocycles. The van der Waals surface area contributed by atoms with E-state index >= 15 is 0 Å². The predicted octanol–water partition coefficient (Wildman–Crippen LogP) is 4.14. The lowest BCUT2D eigenvalue weighted by atomic mass is 10.2. The van der Waals surface area contributed by atoms with E-state index in [1.807, 2.05) is 18.2 Å². The number of ether oxygens (including phenoxy) is 2. The van der Waals surface area contributed by atoms with Crippen molar-refractivity contribution in [1.29, 1.82) is 0 Å². The summed E-state index contributed by atoms with van der Waals surface area (Å²) in [7, 11) is 1.53. The topological polar surface area (TPSA) is 50.8 Å². The van der Waals surface area contributed by atoms with Crippen molar-refractivity contribution in [3.05, 3.63) is 53.1 Å². The van der Waals surface area contributed by atoms with E-state index in [1.54, 1.807) is 24.3 Å². The summed E-state index contributed by atoms with van der Waals surface area (Å²) in [5, 5.41) is 3.12. The summed E-state index contributed by atoms with van der Waals surface area (Å²) in [6, 6.07) is 12.7. The van der Waals surface area contributed by atoms with Crippen LogP contribution in [0, 0.1) is 0 Å². The zero-order valence-corrected chi connectivity index (χ0v) is 16.6. The van der Waals surface area contributed by atoms with Crippen LogP contribution in [0.5, 0.6) is 11.5 Å². The van der Waals surface area contributed by atoms with Crippen LogP contribution in [0.3, 0.4) is 0 Å². The number of thiocarbonyl (C=S) groups is 1. The first-order valence-corrected chi connectivity index (χ1v) is 9.51. The molecule has 3 rings (SSSR count). The summed E-state index contributed by atoms with van der Waals surface area (Å²) in [5.41, 5.74) is 1.52. The fourth-order valence-electron chi connectivity index (χ4n) is 2.94. The van der Waals surface area contributed by atoms with Gasteiger partial charge in [-0.25, -0.2) is 0 Å². The number of rotatable bonds is 6. The number of likely N-dealkylation sites (tertiary alicyclic amines) is 1. The molecule has 1 heterocycles. The van der Waals surface area contributed by atoms with Gasteiger partial charge in [0.05, 0.1) is 12.1 Å². The maximum atomic E-state index is 12.1. The van der Waals surface area contributed by atoms with E-state index in [1.165, 1.54) is 7.11 Å². The van der Waals surface area contributed by atoms with E-state index in [4.69, 9.17) is 33.3 Å². The molecule has 7 heteroatoms. The molecule has 1 fully saturated rings. The Hall–Kier alpha value is -2.31. The molecule has 2 aromatic rings. The summed E-state index contributed by atoms with van der Waals surface area (Å²) in [4.78, 5) is 15.0. The number of carbonyl (C=O) groups excluding carboxylic acids is 1. The van der Waals surface area contributed by atoms with E-state index < -0.39 is 0 Å². The second-order valence-electron chi connectivity index (χ2n) is 6.19. The number of amides is 1. The molecule has 0 saturated carbocycles. The van der Waals surface area contributed by atoms with Gasteiger partial charge in [-0.3, -0.25) is 4.79 Å². The maximum absolute atomic E-state index is 12.1. The van der Waals surface area contributed by atoms with Gasteiger partial charge in [-0.05, 0) is 37.1 Å². The lowest BCUT2D eigenvalue weighted by molar-refractivity contribution is -0.118. The van der Waals surface area contributed by atoms with Crippen LogP contribution in [0.4, 0.5) is 5.69 Å². The van der Waals surface area contributed by atoms with E-state index in [-0.39, 0.29) is 12.5 Å². The first-order valence-electron chi connectivity index (χ1n) is 8.73. The standard InChI is InChI=1S/C20H21ClN2O3S/c1-25-17-12-14(20(27)23-9-5-6-10-23)11-16(21)19(17)26-13-18(24)22-15-7-3-2-4-8-15/h2-4,7-8,11-12H,5-6,9-10,13H2,1H3,(H,22,24). The highest BCUT2D eigenvalue weighted by Crippen LogP contribution is 2.37. The molecular formula is C20H21ClN2O3S. The summed E-state index contributed by atoms with van der Waals surface area (Å²) >= 11 is 12.0. The second-order valence-corrected chi connectivity index (χ2v) is 6.99. The maximum Gasteiger partial charge on any atom is 0.262 e. The Morgan fingerprint density at radius 3 is 2.59 bits per heavy atom. The monoisotopic (exact) mass is 404 g/mol. The molecule has 27 heavy (non-hydrogen) atoms. The number of hydrogen-bond acceptors (Lipinski definition) is 4. The normalized spacial score (nSPS) is 13.3. The molecule has 0 spiro atoms. The van der Waals surface area contributed by atoms with E-state index in [9.17, 15) is 4.79 Å². The van der Waals surface area contributed by atoms with Gasteiger partial charge in [-0.2, -0.15) is 0 Å². The number of hydrogen-bond donors (Lipinski definition) is 1. The Morgan fingerprint density at radius 1 is 1.22 bits per heavy atom. The van der Waals surface area contributed by atoms with Gasteiger partial charge in [0.1, 0.15) is 4.99 Å². The predicted molar refractivity (Wildman–Crippen MR) is 111 cm³/mol. The summed E-state index contributed by atoms with van der Waals surface area (Å²) in [6.07, 6.45) is 2.28. The molecule has 1 amide bonds. The Bertz CT molecular complexity index is 823. The molecule has 1 aliphatic rings. The first kappa shape index (κ1) is 19.5. The van der Waals surface area contributed by atoms with Crippen molar-refractivity contribution in [3.63, 3.8) is 0 Å². The summed E-state index contributed by atoms with van der Waals surface area (Å²) in [5.74, 6) is 0.498. The van der Waals surface area contributed by atoms with E-state index in [2.05, 4.69) is 10.2 Å². The number of nitrogens with one attached hydrogen (secondary N) is 1. The number of nitrogens with zero attached hydrogens (tertiary/aromatic N) is 1. The molecule has 1 saturated heterocycles. The Kier molecular flexibility index (Phi) is 6.53. The van der Waals surface area contributed by atoms with Gasteiger partial charge in [0.15, 0.2) is 18.1 Å². The molecule has 1 aliphatic heterocycles. The molecule has 0 bridgehead atoms. The van der Waals surface area contributed by atoms with Crippen LogP contribution in [0.2, 0.25) is 5.02 Å². The van der Waals surface area contributed by atoms with Gasteiger partial charge in [0.2, 0.25) is 0 Å². The lowest BCUT2D eigenvalue weighted by Gasteiger charge is -2.20. The van der Waals surface area contributed by atoms with Gasteiger partial charge in [0, 0.05) is 24.3 Å². The van der Waals surface area contributed by atoms with Gasteiger partial charge in [0.25, 0.3) is 5.91 Å². The molecule has 0 aliphatic carbocycles. The molecule has 0 unspecified atom stereocenters. The number of benzene rings is 2. The molecule has 1 N–H and O–H groups in total. The van der Waals surface area contributed by atoms with Crippen molar-refractivity contribution in [2.45, 2.75) is 12.8 Å². The average Bonchev–Trinajstić information content (AvgIpc) is 3.21.